The number of nitrogens with zero attached hydrogens (tertiary/aromatic N) is 2. The molecule has 0 unspecified atom stereocenters. The van der Waals surface area contributed by atoms with Crippen molar-refractivity contribution >= 4 is 34.8 Å². The van der Waals surface area contributed by atoms with Crippen LogP contribution in [0.1, 0.15) is 16.1 Å². The van der Waals surface area contributed by atoms with E-state index in [0.717, 1.165) is 5.56 Å². The van der Waals surface area contributed by atoms with E-state index in [1.807, 2.05) is 0 Å². The molecule has 8 heteroatoms. The third kappa shape index (κ3) is 4.30. The molecular formula is C18H15ClN2O4S. The lowest BCUT2D eigenvalue weighted by atomic mass is 10.2. The molecule has 0 fully saturated rings. The summed E-state index contributed by atoms with van der Waals surface area (Å²) in [5.74, 6) is -0.278. The van der Waals surface area contributed by atoms with E-state index in [9.17, 15) is 9.59 Å². The second kappa shape index (κ2) is 8.16. The third-order valence-corrected chi connectivity index (χ3v) is 4.69. The summed E-state index contributed by atoms with van der Waals surface area (Å²) in [6.07, 6.45) is 1.54. The maximum absolute atomic E-state index is 12.9. The van der Waals surface area contributed by atoms with Crippen molar-refractivity contribution in [2.75, 3.05) is 13.7 Å². The van der Waals surface area contributed by atoms with Crippen molar-refractivity contribution in [3.05, 3.63) is 64.3 Å². The Kier molecular flexibility index (Phi) is 5.70. The number of benzene rings is 1. The largest absolute Gasteiger partial charge is 0.468 e. The van der Waals surface area contributed by atoms with E-state index in [1.165, 1.54) is 23.3 Å². The Hall–Kier alpha value is -2.64. The van der Waals surface area contributed by atoms with E-state index in [4.69, 9.17) is 20.8 Å². The Bertz CT molecular complexity index is 890. The van der Waals surface area contributed by atoms with Gasteiger partial charge in [-0.05, 0) is 29.8 Å². The zero-order valence-electron chi connectivity index (χ0n) is 13.8. The normalized spacial score (nSPS) is 10.5. The molecule has 26 heavy (non-hydrogen) atoms. The summed E-state index contributed by atoms with van der Waals surface area (Å²) in [4.78, 5) is 30.3. The molecule has 1 amide bonds. The first-order valence-corrected chi connectivity index (χ1v) is 8.92. The molecule has 0 saturated carbocycles. The van der Waals surface area contributed by atoms with Gasteiger partial charge in [-0.1, -0.05) is 23.7 Å². The van der Waals surface area contributed by atoms with Crippen molar-refractivity contribution < 1.29 is 18.7 Å². The fourth-order valence-corrected chi connectivity index (χ4v) is 3.16. The Morgan fingerprint density at radius 3 is 2.69 bits per heavy atom. The first-order chi connectivity index (χ1) is 12.6. The van der Waals surface area contributed by atoms with Gasteiger partial charge >= 0.3 is 5.97 Å². The van der Waals surface area contributed by atoms with E-state index >= 15 is 0 Å². The van der Waals surface area contributed by atoms with E-state index in [2.05, 4.69) is 4.98 Å². The third-order valence-electron chi connectivity index (χ3n) is 3.58. The highest BCUT2D eigenvalue weighted by Crippen LogP contribution is 2.25. The fourth-order valence-electron chi connectivity index (χ4n) is 2.28. The quantitative estimate of drug-likeness (QED) is 0.597. The van der Waals surface area contributed by atoms with E-state index < -0.39 is 5.97 Å². The second-order valence-electron chi connectivity index (χ2n) is 5.38. The number of halogens is 1. The lowest BCUT2D eigenvalue weighted by Crippen LogP contribution is -2.36. The highest BCUT2D eigenvalue weighted by Gasteiger charge is 2.22. The van der Waals surface area contributed by atoms with Gasteiger partial charge in [-0.3, -0.25) is 9.59 Å². The van der Waals surface area contributed by atoms with Gasteiger partial charge < -0.3 is 14.1 Å². The number of thiazole rings is 1. The summed E-state index contributed by atoms with van der Waals surface area (Å²) in [7, 11) is 1.28. The SMILES string of the molecule is COC(=O)CN(Cc1ccc(Cl)cc1)C(=O)c1csc(-c2ccco2)n1. The van der Waals surface area contributed by atoms with Crippen molar-refractivity contribution in [3.8, 4) is 10.8 Å². The predicted octanol–water partition coefficient (Wildman–Crippen LogP) is 3.87. The number of esters is 1. The number of furan rings is 1. The lowest BCUT2D eigenvalue weighted by Gasteiger charge is -2.20. The summed E-state index contributed by atoms with van der Waals surface area (Å²) in [5.41, 5.74) is 1.09. The van der Waals surface area contributed by atoms with Crippen LogP contribution in [0.3, 0.4) is 0 Å². The highest BCUT2D eigenvalue weighted by atomic mass is 35.5. The van der Waals surface area contributed by atoms with Crippen molar-refractivity contribution in [2.45, 2.75) is 6.54 Å². The van der Waals surface area contributed by atoms with Crippen LogP contribution in [0.15, 0.2) is 52.5 Å². The molecule has 0 radical (unpaired) electrons. The Morgan fingerprint density at radius 2 is 2.04 bits per heavy atom. The number of ether oxygens (including phenoxy) is 1. The van der Waals surface area contributed by atoms with Crippen LogP contribution in [0.4, 0.5) is 0 Å². The average molecular weight is 391 g/mol. The monoisotopic (exact) mass is 390 g/mol. The van der Waals surface area contributed by atoms with Gasteiger partial charge in [0.2, 0.25) is 0 Å². The molecule has 134 valence electrons. The summed E-state index contributed by atoms with van der Waals surface area (Å²) >= 11 is 7.19. The standard InChI is InChI=1S/C18H15ClN2O4S/c1-24-16(22)10-21(9-12-4-6-13(19)7-5-12)18(23)14-11-26-17(20-14)15-3-2-8-25-15/h2-8,11H,9-10H2,1H3. The zero-order chi connectivity index (χ0) is 18.5. The van der Waals surface area contributed by atoms with Gasteiger partial charge in [-0.25, -0.2) is 4.98 Å². The maximum Gasteiger partial charge on any atom is 0.325 e. The summed E-state index contributed by atoms with van der Waals surface area (Å²) in [5, 5.41) is 2.84. The van der Waals surface area contributed by atoms with Gasteiger partial charge in [0.25, 0.3) is 5.91 Å². The van der Waals surface area contributed by atoms with Crippen LogP contribution in [0.5, 0.6) is 0 Å². The minimum atomic E-state index is -0.506. The summed E-state index contributed by atoms with van der Waals surface area (Å²) in [6.45, 7) is 0.0598. The van der Waals surface area contributed by atoms with Gasteiger partial charge in [0.15, 0.2) is 10.8 Å². The van der Waals surface area contributed by atoms with Gasteiger partial charge in [-0.2, -0.15) is 0 Å². The minimum Gasteiger partial charge on any atom is -0.468 e. The smallest absolute Gasteiger partial charge is 0.325 e. The molecule has 1 aromatic carbocycles. The van der Waals surface area contributed by atoms with Crippen LogP contribution in [0.25, 0.3) is 10.8 Å². The van der Waals surface area contributed by atoms with Crippen LogP contribution in [-0.4, -0.2) is 35.4 Å². The molecule has 6 nitrogen and oxygen atoms in total. The molecular weight excluding hydrogens is 376 g/mol. The number of rotatable bonds is 6. The Balaban J connectivity index is 1.82. The van der Waals surface area contributed by atoms with E-state index in [0.29, 0.717) is 15.8 Å². The number of amides is 1. The first-order valence-electron chi connectivity index (χ1n) is 7.67. The molecule has 0 saturated heterocycles. The van der Waals surface area contributed by atoms with Crippen molar-refractivity contribution in [1.29, 1.82) is 0 Å². The van der Waals surface area contributed by atoms with Gasteiger partial charge in [-0.15, -0.1) is 11.3 Å². The highest BCUT2D eigenvalue weighted by molar-refractivity contribution is 7.13. The van der Waals surface area contributed by atoms with E-state index in [1.54, 1.807) is 48.0 Å². The first kappa shape index (κ1) is 18.2. The van der Waals surface area contributed by atoms with Gasteiger partial charge in [0.1, 0.15) is 12.2 Å². The molecule has 0 spiro atoms. The molecule has 0 N–H and O–H groups in total. The molecule has 0 aliphatic carbocycles. The average Bonchev–Trinajstić information content (AvgIpc) is 3.33. The van der Waals surface area contributed by atoms with Crippen LogP contribution >= 0.6 is 22.9 Å². The Labute approximate surface area is 159 Å². The van der Waals surface area contributed by atoms with Crippen LogP contribution < -0.4 is 0 Å². The molecule has 2 aromatic heterocycles. The number of hydrogen-bond donors (Lipinski definition) is 0. The fraction of sp³-hybridized carbons (Fsp3) is 0.167. The summed E-state index contributed by atoms with van der Waals surface area (Å²) in [6, 6.07) is 10.6. The number of aromatic nitrogens is 1. The van der Waals surface area contributed by atoms with Crippen molar-refractivity contribution in [1.82, 2.24) is 9.88 Å². The minimum absolute atomic E-state index is 0.175. The Morgan fingerprint density at radius 1 is 1.27 bits per heavy atom. The zero-order valence-corrected chi connectivity index (χ0v) is 15.4. The van der Waals surface area contributed by atoms with Gasteiger partial charge in [0.05, 0.1) is 13.4 Å². The van der Waals surface area contributed by atoms with E-state index in [-0.39, 0.29) is 24.7 Å². The molecule has 3 rings (SSSR count). The summed E-state index contributed by atoms with van der Waals surface area (Å²) < 4.78 is 10.00. The van der Waals surface area contributed by atoms with Crippen molar-refractivity contribution in [2.24, 2.45) is 0 Å². The molecule has 0 bridgehead atoms. The molecule has 0 aliphatic rings. The predicted molar refractivity (Wildman–Crippen MR) is 98.0 cm³/mol. The lowest BCUT2D eigenvalue weighted by molar-refractivity contribution is -0.141. The van der Waals surface area contributed by atoms with Gasteiger partial charge in [0, 0.05) is 16.9 Å². The number of hydrogen-bond acceptors (Lipinski definition) is 6. The molecule has 2 heterocycles. The number of methoxy groups -OCH3 is 1. The van der Waals surface area contributed by atoms with Crippen LogP contribution in [-0.2, 0) is 16.1 Å². The number of carbonyl (C=O) groups excluding carboxylic acids is 2. The van der Waals surface area contributed by atoms with Crippen LogP contribution in [0.2, 0.25) is 5.02 Å². The molecule has 3 aromatic rings. The molecule has 0 aliphatic heterocycles. The van der Waals surface area contributed by atoms with Crippen molar-refractivity contribution in [3.63, 3.8) is 0 Å². The topological polar surface area (TPSA) is 72.6 Å². The molecule has 0 atom stereocenters. The second-order valence-corrected chi connectivity index (χ2v) is 6.67. The number of carbonyl (C=O) groups is 2. The maximum atomic E-state index is 12.9. The van der Waals surface area contributed by atoms with Crippen LogP contribution in [0, 0.1) is 0 Å².